The van der Waals surface area contributed by atoms with Crippen LogP contribution in [0.15, 0.2) is 18.2 Å². The Balaban J connectivity index is 2.60. The Kier molecular flexibility index (Phi) is 3.68. The van der Waals surface area contributed by atoms with Crippen molar-refractivity contribution in [2.45, 2.75) is 6.92 Å². The van der Waals surface area contributed by atoms with Crippen LogP contribution in [-0.2, 0) is 0 Å². The van der Waals surface area contributed by atoms with Crippen molar-refractivity contribution in [2.75, 3.05) is 12.4 Å². The van der Waals surface area contributed by atoms with E-state index in [1.807, 2.05) is 0 Å². The van der Waals surface area contributed by atoms with Crippen LogP contribution >= 0.6 is 23.2 Å². The zero-order valence-corrected chi connectivity index (χ0v) is 11.3. The topological polar surface area (TPSA) is 37.8 Å². The molecule has 0 aliphatic carbocycles. The zero-order chi connectivity index (χ0) is 13.3. The molecule has 1 heterocycles. The molecule has 0 bridgehead atoms. The van der Waals surface area contributed by atoms with Gasteiger partial charge in [-0.25, -0.2) is 14.4 Å². The number of nitrogens with one attached hydrogen (secondary N) is 1. The maximum absolute atomic E-state index is 13.6. The van der Waals surface area contributed by atoms with Crippen molar-refractivity contribution in [3.05, 3.63) is 39.8 Å². The first-order chi connectivity index (χ1) is 8.52. The lowest BCUT2D eigenvalue weighted by Crippen LogP contribution is -2.03. The Labute approximate surface area is 114 Å². The first kappa shape index (κ1) is 13.1. The fourth-order valence-corrected chi connectivity index (χ4v) is 2.01. The summed E-state index contributed by atoms with van der Waals surface area (Å²) in [7, 11) is 1.60. The first-order valence-corrected chi connectivity index (χ1v) is 5.96. The molecule has 1 aromatic carbocycles. The highest BCUT2D eigenvalue weighted by molar-refractivity contribution is 6.36. The molecule has 0 atom stereocenters. The maximum atomic E-state index is 13.6. The summed E-state index contributed by atoms with van der Waals surface area (Å²) < 4.78 is 13.6. The van der Waals surface area contributed by atoms with E-state index in [0.29, 0.717) is 21.4 Å². The zero-order valence-electron chi connectivity index (χ0n) is 9.76. The van der Waals surface area contributed by atoms with E-state index in [1.54, 1.807) is 32.2 Å². The summed E-state index contributed by atoms with van der Waals surface area (Å²) in [5, 5.41) is 3.63. The van der Waals surface area contributed by atoms with Gasteiger partial charge in [0.1, 0.15) is 0 Å². The van der Waals surface area contributed by atoms with Gasteiger partial charge in [-0.05, 0) is 25.1 Å². The van der Waals surface area contributed by atoms with Gasteiger partial charge in [0.05, 0.1) is 10.7 Å². The minimum Gasteiger partial charge on any atom is -0.371 e. The molecule has 0 radical (unpaired) electrons. The quantitative estimate of drug-likeness (QED) is 0.908. The van der Waals surface area contributed by atoms with E-state index in [-0.39, 0.29) is 11.5 Å². The molecule has 3 nitrogen and oxygen atoms in total. The number of aryl methyl sites for hydroxylation is 1. The summed E-state index contributed by atoms with van der Waals surface area (Å²) in [6.07, 6.45) is 0. The van der Waals surface area contributed by atoms with Gasteiger partial charge in [-0.15, -0.1) is 0 Å². The molecule has 2 aromatic rings. The number of benzene rings is 1. The minimum atomic E-state index is -0.466. The van der Waals surface area contributed by atoms with E-state index in [1.165, 1.54) is 0 Å². The average molecular weight is 286 g/mol. The van der Waals surface area contributed by atoms with Gasteiger partial charge in [0.25, 0.3) is 0 Å². The number of rotatable bonds is 2. The molecule has 0 fully saturated rings. The molecule has 0 aliphatic heterocycles. The van der Waals surface area contributed by atoms with Crippen molar-refractivity contribution in [2.24, 2.45) is 0 Å². The number of hydrogen-bond donors (Lipinski definition) is 1. The SMILES string of the molecule is CNc1nc(-c2ccc(Cl)cc2Cl)nc(C)c1F. The first-order valence-electron chi connectivity index (χ1n) is 5.20. The highest BCUT2D eigenvalue weighted by Gasteiger charge is 2.13. The largest absolute Gasteiger partial charge is 0.371 e. The third-order valence-corrected chi connectivity index (χ3v) is 2.97. The lowest BCUT2D eigenvalue weighted by molar-refractivity contribution is 0.607. The number of aromatic nitrogens is 2. The van der Waals surface area contributed by atoms with E-state index < -0.39 is 5.82 Å². The Morgan fingerprint density at radius 3 is 2.56 bits per heavy atom. The standard InChI is InChI=1S/C12H10Cl2FN3/c1-6-10(15)12(16-2)18-11(17-6)8-4-3-7(13)5-9(8)14/h3-5H,1-2H3,(H,16,17,18). The van der Waals surface area contributed by atoms with Crippen LogP contribution in [0, 0.1) is 12.7 Å². The third kappa shape index (κ3) is 2.40. The van der Waals surface area contributed by atoms with Crippen molar-refractivity contribution < 1.29 is 4.39 Å². The van der Waals surface area contributed by atoms with Crippen LogP contribution in [0.3, 0.4) is 0 Å². The summed E-state index contributed by atoms with van der Waals surface area (Å²) in [6.45, 7) is 1.57. The van der Waals surface area contributed by atoms with E-state index in [4.69, 9.17) is 23.2 Å². The van der Waals surface area contributed by atoms with Gasteiger partial charge in [-0.1, -0.05) is 23.2 Å². The van der Waals surface area contributed by atoms with Crippen LogP contribution in [0.5, 0.6) is 0 Å². The highest BCUT2D eigenvalue weighted by atomic mass is 35.5. The van der Waals surface area contributed by atoms with Crippen LogP contribution in [0.1, 0.15) is 5.69 Å². The van der Waals surface area contributed by atoms with Crippen LogP contribution < -0.4 is 5.32 Å². The molecule has 2 rings (SSSR count). The molecule has 0 unspecified atom stereocenters. The van der Waals surface area contributed by atoms with E-state index in [9.17, 15) is 4.39 Å². The molecule has 0 spiro atoms. The van der Waals surface area contributed by atoms with Crippen LogP contribution in [0.2, 0.25) is 10.0 Å². The molecule has 1 N–H and O–H groups in total. The van der Waals surface area contributed by atoms with Gasteiger partial charge in [0.2, 0.25) is 0 Å². The lowest BCUT2D eigenvalue weighted by atomic mass is 10.2. The lowest BCUT2D eigenvalue weighted by Gasteiger charge is -2.08. The van der Waals surface area contributed by atoms with Gasteiger partial charge >= 0.3 is 0 Å². The number of anilines is 1. The van der Waals surface area contributed by atoms with E-state index in [0.717, 1.165) is 0 Å². The predicted octanol–water partition coefficient (Wildman–Crippen LogP) is 3.94. The third-order valence-electron chi connectivity index (χ3n) is 2.43. The van der Waals surface area contributed by atoms with E-state index in [2.05, 4.69) is 15.3 Å². The second-order valence-electron chi connectivity index (χ2n) is 3.67. The molecule has 0 saturated carbocycles. The maximum Gasteiger partial charge on any atom is 0.186 e. The molecular formula is C12H10Cl2FN3. The molecule has 18 heavy (non-hydrogen) atoms. The van der Waals surface area contributed by atoms with Crippen molar-refractivity contribution >= 4 is 29.0 Å². The summed E-state index contributed by atoms with van der Waals surface area (Å²) in [5.74, 6) is 0.0368. The Morgan fingerprint density at radius 2 is 1.94 bits per heavy atom. The van der Waals surface area contributed by atoms with Gasteiger partial charge < -0.3 is 5.32 Å². The van der Waals surface area contributed by atoms with Gasteiger partial charge in [0.15, 0.2) is 17.5 Å². The van der Waals surface area contributed by atoms with Crippen molar-refractivity contribution in [1.82, 2.24) is 9.97 Å². The molecular weight excluding hydrogens is 276 g/mol. The molecule has 0 amide bonds. The monoisotopic (exact) mass is 285 g/mol. The number of halogens is 3. The fraction of sp³-hybridized carbons (Fsp3) is 0.167. The Morgan fingerprint density at radius 1 is 1.22 bits per heavy atom. The summed E-state index contributed by atoms with van der Waals surface area (Å²) in [6, 6.07) is 4.99. The van der Waals surface area contributed by atoms with Gasteiger partial charge in [-0.3, -0.25) is 0 Å². The second-order valence-corrected chi connectivity index (χ2v) is 4.51. The summed E-state index contributed by atoms with van der Waals surface area (Å²) in [5.41, 5.74) is 0.871. The Bertz CT molecular complexity index is 602. The fourth-order valence-electron chi connectivity index (χ4n) is 1.52. The number of nitrogens with zero attached hydrogens (tertiary/aromatic N) is 2. The smallest absolute Gasteiger partial charge is 0.186 e. The predicted molar refractivity (Wildman–Crippen MR) is 71.7 cm³/mol. The molecule has 1 aromatic heterocycles. The highest BCUT2D eigenvalue weighted by Crippen LogP contribution is 2.29. The second kappa shape index (κ2) is 5.08. The van der Waals surface area contributed by atoms with Crippen molar-refractivity contribution in [3.63, 3.8) is 0 Å². The summed E-state index contributed by atoms with van der Waals surface area (Å²) in [4.78, 5) is 8.18. The Hall–Kier alpha value is -1.39. The normalized spacial score (nSPS) is 10.5. The number of hydrogen-bond acceptors (Lipinski definition) is 3. The van der Waals surface area contributed by atoms with Gasteiger partial charge in [-0.2, -0.15) is 0 Å². The van der Waals surface area contributed by atoms with Crippen molar-refractivity contribution in [1.29, 1.82) is 0 Å². The average Bonchev–Trinajstić information content (AvgIpc) is 2.32. The van der Waals surface area contributed by atoms with Crippen LogP contribution in [0.4, 0.5) is 10.2 Å². The molecule has 94 valence electrons. The minimum absolute atomic E-state index is 0.142. The molecule has 0 saturated heterocycles. The van der Waals surface area contributed by atoms with E-state index >= 15 is 0 Å². The van der Waals surface area contributed by atoms with Crippen molar-refractivity contribution in [3.8, 4) is 11.4 Å². The molecule has 0 aliphatic rings. The van der Waals surface area contributed by atoms with Crippen LogP contribution in [0.25, 0.3) is 11.4 Å². The summed E-state index contributed by atoms with van der Waals surface area (Å²) >= 11 is 11.9. The van der Waals surface area contributed by atoms with Crippen LogP contribution in [-0.4, -0.2) is 17.0 Å². The molecule has 6 heteroatoms. The van der Waals surface area contributed by atoms with Gasteiger partial charge in [0, 0.05) is 17.6 Å².